The maximum atomic E-state index is 12.2. The van der Waals surface area contributed by atoms with Crippen molar-refractivity contribution in [1.82, 2.24) is 15.1 Å². The van der Waals surface area contributed by atoms with E-state index in [1.54, 1.807) is 0 Å². The lowest BCUT2D eigenvalue weighted by Gasteiger charge is -2.10. The predicted octanol–water partition coefficient (Wildman–Crippen LogP) is 3.86. The summed E-state index contributed by atoms with van der Waals surface area (Å²) in [4.78, 5) is 12.2. The van der Waals surface area contributed by atoms with Gasteiger partial charge in [-0.25, -0.2) is 0 Å². The highest BCUT2D eigenvalue weighted by atomic mass is 16.5. The van der Waals surface area contributed by atoms with Gasteiger partial charge in [0.1, 0.15) is 5.75 Å². The maximum Gasteiger partial charge on any atom is 0.258 e. The summed E-state index contributed by atoms with van der Waals surface area (Å²) in [5.74, 6) is 0.596. The van der Waals surface area contributed by atoms with Crippen LogP contribution in [0.25, 0.3) is 0 Å². The Bertz CT molecular complexity index is 961. The van der Waals surface area contributed by atoms with E-state index in [2.05, 4.69) is 22.5 Å². The average molecular weight is 377 g/mol. The lowest BCUT2D eigenvalue weighted by Crippen LogP contribution is -2.29. The molecule has 1 heterocycles. The summed E-state index contributed by atoms with van der Waals surface area (Å²) in [7, 11) is 0. The van der Waals surface area contributed by atoms with Gasteiger partial charge in [-0.15, -0.1) is 0 Å². The molecule has 0 radical (unpaired) electrons. The molecule has 3 aromatic rings. The second-order valence-corrected chi connectivity index (χ2v) is 7.13. The largest absolute Gasteiger partial charge is 0.484 e. The van der Waals surface area contributed by atoms with E-state index in [1.807, 2.05) is 68.8 Å². The van der Waals surface area contributed by atoms with Crippen LogP contribution in [-0.4, -0.2) is 22.3 Å². The number of aryl methyl sites for hydroxylation is 3. The first-order valence-corrected chi connectivity index (χ1v) is 9.47. The normalized spacial score (nSPS) is 10.7. The van der Waals surface area contributed by atoms with Crippen LogP contribution in [0.15, 0.2) is 48.5 Å². The fraction of sp³-hybridized carbons (Fsp3) is 0.304. The number of ether oxygens (including phenoxy) is 1. The molecule has 0 aliphatic heterocycles. The van der Waals surface area contributed by atoms with E-state index in [-0.39, 0.29) is 12.5 Å². The Hall–Kier alpha value is -3.08. The van der Waals surface area contributed by atoms with Crippen molar-refractivity contribution < 1.29 is 9.53 Å². The molecule has 2 aromatic carbocycles. The molecule has 0 spiro atoms. The van der Waals surface area contributed by atoms with Crippen molar-refractivity contribution in [3.05, 3.63) is 82.2 Å². The number of nitrogens with zero attached hydrogens (tertiary/aromatic N) is 2. The highest BCUT2D eigenvalue weighted by Gasteiger charge is 2.13. The van der Waals surface area contributed by atoms with Gasteiger partial charge in [0.05, 0.1) is 12.2 Å². The Kier molecular flexibility index (Phi) is 6.14. The second kappa shape index (κ2) is 8.74. The molecule has 0 atom stereocenters. The van der Waals surface area contributed by atoms with Gasteiger partial charge < -0.3 is 10.1 Å². The van der Waals surface area contributed by atoms with Gasteiger partial charge in [0.15, 0.2) is 6.61 Å². The zero-order valence-electron chi connectivity index (χ0n) is 17.0. The third-order valence-corrected chi connectivity index (χ3v) is 4.86. The van der Waals surface area contributed by atoms with Gasteiger partial charge in [0, 0.05) is 17.8 Å². The Labute approximate surface area is 166 Å². The van der Waals surface area contributed by atoms with Gasteiger partial charge in [-0.1, -0.05) is 48.0 Å². The van der Waals surface area contributed by atoms with Gasteiger partial charge in [0.25, 0.3) is 5.91 Å². The SMILES string of the molecule is Cc1ccc(OCC(=O)NCc2c(C)nn(Cc3ccccc3)c2C)c(C)c1. The van der Waals surface area contributed by atoms with E-state index in [4.69, 9.17) is 4.74 Å². The van der Waals surface area contributed by atoms with Crippen LogP contribution in [0.2, 0.25) is 0 Å². The van der Waals surface area contributed by atoms with Crippen molar-refractivity contribution in [3.8, 4) is 5.75 Å². The van der Waals surface area contributed by atoms with Crippen molar-refractivity contribution in [2.75, 3.05) is 6.61 Å². The third-order valence-electron chi connectivity index (χ3n) is 4.86. The first-order chi connectivity index (χ1) is 13.4. The standard InChI is InChI=1S/C23H27N3O2/c1-16-10-11-22(17(2)12-16)28-15-23(27)24-13-21-18(3)25-26(19(21)4)14-20-8-6-5-7-9-20/h5-12H,13-15H2,1-4H3,(H,24,27). The molecule has 1 amide bonds. The molecule has 5 heteroatoms. The smallest absolute Gasteiger partial charge is 0.258 e. The molecule has 1 aromatic heterocycles. The number of amides is 1. The molecule has 0 aliphatic rings. The van der Waals surface area contributed by atoms with E-state index in [9.17, 15) is 4.79 Å². The average Bonchev–Trinajstić information content (AvgIpc) is 2.93. The summed E-state index contributed by atoms with van der Waals surface area (Å²) in [6.45, 7) is 9.19. The molecule has 146 valence electrons. The number of carbonyl (C=O) groups is 1. The minimum Gasteiger partial charge on any atom is -0.484 e. The minimum atomic E-state index is -0.144. The summed E-state index contributed by atoms with van der Waals surface area (Å²) in [6, 6.07) is 16.2. The zero-order valence-corrected chi connectivity index (χ0v) is 17.0. The van der Waals surface area contributed by atoms with Crippen molar-refractivity contribution in [2.24, 2.45) is 0 Å². The van der Waals surface area contributed by atoms with E-state index >= 15 is 0 Å². The van der Waals surface area contributed by atoms with Gasteiger partial charge in [-0.3, -0.25) is 9.48 Å². The Morgan fingerprint density at radius 1 is 1.07 bits per heavy atom. The maximum absolute atomic E-state index is 12.2. The number of benzene rings is 2. The predicted molar refractivity (Wildman–Crippen MR) is 111 cm³/mol. The summed E-state index contributed by atoms with van der Waals surface area (Å²) >= 11 is 0. The van der Waals surface area contributed by atoms with Crippen LogP contribution in [0.1, 0.15) is 33.6 Å². The molecule has 0 fully saturated rings. The molecular weight excluding hydrogens is 350 g/mol. The van der Waals surface area contributed by atoms with Gasteiger partial charge in [-0.2, -0.15) is 5.10 Å². The van der Waals surface area contributed by atoms with Crippen molar-refractivity contribution in [1.29, 1.82) is 0 Å². The van der Waals surface area contributed by atoms with Crippen LogP contribution in [-0.2, 0) is 17.9 Å². The molecule has 0 aliphatic carbocycles. The molecule has 0 saturated heterocycles. The van der Waals surface area contributed by atoms with Crippen LogP contribution in [0.3, 0.4) is 0 Å². The number of carbonyl (C=O) groups excluding carboxylic acids is 1. The molecule has 5 nitrogen and oxygen atoms in total. The van der Waals surface area contributed by atoms with Crippen molar-refractivity contribution >= 4 is 5.91 Å². The number of hydrogen-bond donors (Lipinski definition) is 1. The van der Waals surface area contributed by atoms with Crippen LogP contribution in [0.4, 0.5) is 0 Å². The Morgan fingerprint density at radius 3 is 2.54 bits per heavy atom. The number of aromatic nitrogens is 2. The fourth-order valence-corrected chi connectivity index (χ4v) is 3.24. The van der Waals surface area contributed by atoms with Crippen LogP contribution in [0, 0.1) is 27.7 Å². The molecule has 0 bridgehead atoms. The lowest BCUT2D eigenvalue weighted by atomic mass is 10.1. The zero-order chi connectivity index (χ0) is 20.1. The molecular formula is C23H27N3O2. The summed E-state index contributed by atoms with van der Waals surface area (Å²) in [5.41, 5.74) is 6.46. The van der Waals surface area contributed by atoms with Crippen molar-refractivity contribution in [2.45, 2.75) is 40.8 Å². The summed E-state index contributed by atoms with van der Waals surface area (Å²) in [6.07, 6.45) is 0. The topological polar surface area (TPSA) is 56.1 Å². The first kappa shape index (κ1) is 19.7. The van der Waals surface area contributed by atoms with Crippen molar-refractivity contribution in [3.63, 3.8) is 0 Å². The van der Waals surface area contributed by atoms with Gasteiger partial charge in [0.2, 0.25) is 0 Å². The lowest BCUT2D eigenvalue weighted by molar-refractivity contribution is -0.123. The van der Waals surface area contributed by atoms with Crippen LogP contribution >= 0.6 is 0 Å². The Morgan fingerprint density at radius 2 is 1.82 bits per heavy atom. The molecule has 28 heavy (non-hydrogen) atoms. The molecule has 0 unspecified atom stereocenters. The third kappa shape index (κ3) is 4.80. The fourth-order valence-electron chi connectivity index (χ4n) is 3.24. The van der Waals surface area contributed by atoms with Crippen LogP contribution < -0.4 is 10.1 Å². The van der Waals surface area contributed by atoms with Gasteiger partial charge >= 0.3 is 0 Å². The molecule has 0 saturated carbocycles. The first-order valence-electron chi connectivity index (χ1n) is 9.47. The van der Waals surface area contributed by atoms with Gasteiger partial charge in [-0.05, 0) is 44.9 Å². The molecule has 1 N–H and O–H groups in total. The quantitative estimate of drug-likeness (QED) is 0.680. The number of nitrogens with one attached hydrogen (secondary N) is 1. The van der Waals surface area contributed by atoms with E-state index in [1.165, 1.54) is 11.1 Å². The highest BCUT2D eigenvalue weighted by molar-refractivity contribution is 5.77. The summed E-state index contributed by atoms with van der Waals surface area (Å²) < 4.78 is 7.64. The van der Waals surface area contributed by atoms with Crippen LogP contribution in [0.5, 0.6) is 5.75 Å². The summed E-state index contributed by atoms with van der Waals surface area (Å²) in [5, 5.41) is 7.57. The molecule has 3 rings (SSSR count). The number of hydrogen-bond acceptors (Lipinski definition) is 3. The number of rotatable bonds is 7. The Balaban J connectivity index is 1.57. The van der Waals surface area contributed by atoms with E-state index < -0.39 is 0 Å². The highest BCUT2D eigenvalue weighted by Crippen LogP contribution is 2.18. The van der Waals surface area contributed by atoms with E-state index in [0.717, 1.165) is 34.8 Å². The van der Waals surface area contributed by atoms with E-state index in [0.29, 0.717) is 6.54 Å². The monoisotopic (exact) mass is 377 g/mol. The second-order valence-electron chi connectivity index (χ2n) is 7.13. The minimum absolute atomic E-state index is 0.000148.